The van der Waals surface area contributed by atoms with Gasteiger partial charge in [-0.05, 0) is 24.0 Å². The van der Waals surface area contributed by atoms with Crippen molar-refractivity contribution in [2.75, 3.05) is 13.1 Å². The molecule has 24 heavy (non-hydrogen) atoms. The van der Waals surface area contributed by atoms with Crippen LogP contribution in [0.5, 0.6) is 0 Å². The molecule has 0 atom stereocenters. The first-order chi connectivity index (χ1) is 11.5. The quantitative estimate of drug-likeness (QED) is 0.816. The van der Waals surface area contributed by atoms with E-state index in [0.717, 1.165) is 17.0 Å². The van der Waals surface area contributed by atoms with Gasteiger partial charge in [-0.25, -0.2) is 9.97 Å². The molecule has 1 fully saturated rings. The van der Waals surface area contributed by atoms with Gasteiger partial charge in [-0.15, -0.1) is 0 Å². The van der Waals surface area contributed by atoms with Crippen LogP contribution in [0.2, 0.25) is 10.0 Å². The molecule has 0 unspecified atom stereocenters. The molecular weight excluding hydrogens is 345 g/mol. The topological polar surface area (TPSA) is 46.1 Å². The summed E-state index contributed by atoms with van der Waals surface area (Å²) in [5, 5.41) is 1.08. The van der Waals surface area contributed by atoms with Crippen LogP contribution in [-0.2, 0) is 6.42 Å². The summed E-state index contributed by atoms with van der Waals surface area (Å²) in [5.41, 5.74) is 1.42. The summed E-state index contributed by atoms with van der Waals surface area (Å²) >= 11 is 12.3. The van der Waals surface area contributed by atoms with E-state index in [0.29, 0.717) is 35.5 Å². The van der Waals surface area contributed by atoms with E-state index in [9.17, 15) is 4.79 Å². The van der Waals surface area contributed by atoms with Crippen LogP contribution < -0.4 is 0 Å². The van der Waals surface area contributed by atoms with Gasteiger partial charge in [-0.1, -0.05) is 55.2 Å². The summed E-state index contributed by atoms with van der Waals surface area (Å²) in [5.74, 6) is 1.08. The summed E-state index contributed by atoms with van der Waals surface area (Å²) in [4.78, 5) is 22.9. The first-order valence-electron chi connectivity index (χ1n) is 8.00. The Kier molecular flexibility index (Phi) is 5.07. The monoisotopic (exact) mass is 363 g/mol. The smallest absolute Gasteiger partial charge is 0.274 e. The van der Waals surface area contributed by atoms with Crippen molar-refractivity contribution < 1.29 is 4.79 Å². The van der Waals surface area contributed by atoms with Gasteiger partial charge in [0.25, 0.3) is 5.91 Å². The van der Waals surface area contributed by atoms with Crippen LogP contribution in [-0.4, -0.2) is 33.9 Å². The molecule has 1 aliphatic heterocycles. The third kappa shape index (κ3) is 3.55. The minimum atomic E-state index is -0.125. The van der Waals surface area contributed by atoms with Gasteiger partial charge in [0, 0.05) is 24.0 Å². The number of hydrogen-bond acceptors (Lipinski definition) is 3. The van der Waals surface area contributed by atoms with E-state index in [1.54, 1.807) is 4.90 Å². The zero-order chi connectivity index (χ0) is 17.3. The standard InChI is InChI=1S/C18H19Cl2N3O/c1-11(2)17-21-8-15(20)16(22-17)18(24)23-9-12(10-23)7-13-5-3-4-6-14(13)19/h3-6,8,11-12H,7,9-10H2,1-2H3. The molecule has 0 radical (unpaired) electrons. The van der Waals surface area contributed by atoms with Gasteiger partial charge in [-0.2, -0.15) is 0 Å². The number of hydrogen-bond donors (Lipinski definition) is 0. The molecule has 1 aromatic carbocycles. The van der Waals surface area contributed by atoms with Crippen molar-refractivity contribution in [1.82, 2.24) is 14.9 Å². The second kappa shape index (κ2) is 7.08. The first-order valence-corrected chi connectivity index (χ1v) is 8.76. The van der Waals surface area contributed by atoms with Crippen LogP contribution in [0.25, 0.3) is 0 Å². The molecule has 0 bridgehead atoms. The van der Waals surface area contributed by atoms with Gasteiger partial charge >= 0.3 is 0 Å². The van der Waals surface area contributed by atoms with Gasteiger partial charge in [0.2, 0.25) is 0 Å². The molecule has 0 aliphatic carbocycles. The fourth-order valence-corrected chi connectivity index (χ4v) is 3.18. The van der Waals surface area contributed by atoms with Crippen molar-refractivity contribution in [2.45, 2.75) is 26.2 Å². The van der Waals surface area contributed by atoms with Crippen LogP contribution in [0.3, 0.4) is 0 Å². The lowest BCUT2D eigenvalue weighted by Gasteiger charge is -2.39. The number of carbonyl (C=O) groups is 1. The molecule has 0 N–H and O–H groups in total. The molecule has 2 heterocycles. The SMILES string of the molecule is CC(C)c1ncc(Cl)c(C(=O)N2CC(Cc3ccccc3Cl)C2)n1. The zero-order valence-electron chi connectivity index (χ0n) is 13.7. The lowest BCUT2D eigenvalue weighted by molar-refractivity contribution is 0.0494. The van der Waals surface area contributed by atoms with Gasteiger partial charge in [-0.3, -0.25) is 4.79 Å². The number of aromatic nitrogens is 2. The largest absolute Gasteiger partial charge is 0.337 e. The van der Waals surface area contributed by atoms with Crippen LogP contribution in [0.1, 0.15) is 41.6 Å². The number of likely N-dealkylation sites (tertiary alicyclic amines) is 1. The second-order valence-corrected chi connectivity index (χ2v) is 7.27. The molecule has 2 aromatic rings. The Bertz CT molecular complexity index is 758. The van der Waals surface area contributed by atoms with Gasteiger partial charge in [0.15, 0.2) is 5.69 Å². The van der Waals surface area contributed by atoms with Crippen molar-refractivity contribution in [1.29, 1.82) is 0 Å². The fourth-order valence-electron chi connectivity index (χ4n) is 2.80. The van der Waals surface area contributed by atoms with Crippen molar-refractivity contribution in [3.05, 3.63) is 57.6 Å². The highest BCUT2D eigenvalue weighted by Crippen LogP contribution is 2.27. The van der Waals surface area contributed by atoms with Gasteiger partial charge in [0.1, 0.15) is 5.82 Å². The highest BCUT2D eigenvalue weighted by atomic mass is 35.5. The van der Waals surface area contributed by atoms with Crippen LogP contribution in [0, 0.1) is 5.92 Å². The lowest BCUT2D eigenvalue weighted by atomic mass is 9.92. The average Bonchev–Trinajstić information content (AvgIpc) is 2.51. The van der Waals surface area contributed by atoms with Crippen LogP contribution >= 0.6 is 23.2 Å². The third-order valence-electron chi connectivity index (χ3n) is 4.19. The van der Waals surface area contributed by atoms with E-state index in [1.807, 2.05) is 38.1 Å². The minimum Gasteiger partial charge on any atom is -0.337 e. The predicted molar refractivity (Wildman–Crippen MR) is 95.7 cm³/mol. The molecule has 126 valence electrons. The fraction of sp³-hybridized carbons (Fsp3) is 0.389. The Balaban J connectivity index is 1.65. The van der Waals surface area contributed by atoms with E-state index < -0.39 is 0 Å². The molecule has 1 amide bonds. The average molecular weight is 364 g/mol. The van der Waals surface area contributed by atoms with E-state index >= 15 is 0 Å². The van der Waals surface area contributed by atoms with Gasteiger partial charge < -0.3 is 4.90 Å². The molecule has 1 saturated heterocycles. The highest BCUT2D eigenvalue weighted by molar-refractivity contribution is 6.33. The first kappa shape index (κ1) is 17.2. The lowest BCUT2D eigenvalue weighted by Crippen LogP contribution is -2.51. The molecule has 6 heteroatoms. The maximum absolute atomic E-state index is 12.6. The summed E-state index contributed by atoms with van der Waals surface area (Å²) in [6.07, 6.45) is 2.39. The summed E-state index contributed by atoms with van der Waals surface area (Å²) in [6, 6.07) is 7.83. The molecule has 4 nitrogen and oxygen atoms in total. The number of halogens is 2. The zero-order valence-corrected chi connectivity index (χ0v) is 15.2. The van der Waals surface area contributed by atoms with Crippen LogP contribution in [0.4, 0.5) is 0 Å². The van der Waals surface area contributed by atoms with Gasteiger partial charge in [0.05, 0.1) is 11.2 Å². The molecule has 1 aliphatic rings. The van der Waals surface area contributed by atoms with E-state index in [2.05, 4.69) is 9.97 Å². The van der Waals surface area contributed by atoms with Crippen LogP contribution in [0.15, 0.2) is 30.5 Å². The molecular formula is C18H19Cl2N3O. The molecule has 0 saturated carbocycles. The number of amides is 1. The Morgan fingerprint density at radius 2 is 1.96 bits per heavy atom. The third-order valence-corrected chi connectivity index (χ3v) is 4.84. The number of nitrogens with zero attached hydrogens (tertiary/aromatic N) is 3. The number of rotatable bonds is 4. The van der Waals surface area contributed by atoms with Crippen molar-refractivity contribution in [3.8, 4) is 0 Å². The molecule has 1 aromatic heterocycles. The maximum atomic E-state index is 12.6. The van der Waals surface area contributed by atoms with Crippen molar-refractivity contribution >= 4 is 29.1 Å². The van der Waals surface area contributed by atoms with Crippen molar-refractivity contribution in [3.63, 3.8) is 0 Å². The second-order valence-electron chi connectivity index (χ2n) is 6.45. The summed E-state index contributed by atoms with van der Waals surface area (Å²) < 4.78 is 0. The minimum absolute atomic E-state index is 0.125. The normalized spacial score (nSPS) is 14.8. The summed E-state index contributed by atoms with van der Waals surface area (Å²) in [7, 11) is 0. The summed E-state index contributed by atoms with van der Waals surface area (Å²) in [6.45, 7) is 5.37. The number of carbonyl (C=O) groups excluding carboxylic acids is 1. The van der Waals surface area contributed by atoms with Crippen molar-refractivity contribution in [2.24, 2.45) is 5.92 Å². The number of benzene rings is 1. The Morgan fingerprint density at radius 1 is 1.25 bits per heavy atom. The van der Waals surface area contributed by atoms with E-state index in [-0.39, 0.29) is 11.8 Å². The maximum Gasteiger partial charge on any atom is 0.274 e. The molecule has 3 rings (SSSR count). The highest BCUT2D eigenvalue weighted by Gasteiger charge is 2.33. The Hall–Kier alpha value is -1.65. The predicted octanol–water partition coefficient (Wildman–Crippen LogP) is 4.22. The Morgan fingerprint density at radius 3 is 2.62 bits per heavy atom. The van der Waals surface area contributed by atoms with E-state index in [4.69, 9.17) is 23.2 Å². The van der Waals surface area contributed by atoms with E-state index in [1.165, 1.54) is 6.20 Å². The Labute approximate surface area is 151 Å². The molecule has 0 spiro atoms.